The van der Waals surface area contributed by atoms with E-state index < -0.39 is 35.8 Å². The van der Waals surface area contributed by atoms with Crippen LogP contribution in [0, 0.1) is 19.3 Å². The number of carboxylic acids is 2. The van der Waals surface area contributed by atoms with Gasteiger partial charge in [0.15, 0.2) is 6.04 Å². The number of amides is 2. The summed E-state index contributed by atoms with van der Waals surface area (Å²) < 4.78 is 0. The lowest BCUT2D eigenvalue weighted by Crippen LogP contribution is -2.42. The number of nitrogens with zero attached hydrogens (tertiary/aromatic N) is 2. The summed E-state index contributed by atoms with van der Waals surface area (Å²) >= 11 is 0. The van der Waals surface area contributed by atoms with Gasteiger partial charge in [-0.3, -0.25) is 14.4 Å². The summed E-state index contributed by atoms with van der Waals surface area (Å²) in [5, 5.41) is 24.4. The lowest BCUT2D eigenvalue weighted by Gasteiger charge is -2.23. The number of aryl methyl sites for hydroxylation is 1. The number of nitrogens with one attached hydrogen (secondary N) is 3. The van der Waals surface area contributed by atoms with Crippen LogP contribution >= 0.6 is 0 Å². The molecule has 230 valence electrons. The minimum Gasteiger partial charge on any atom is -0.480 e. The maximum absolute atomic E-state index is 12.9. The second-order valence-corrected chi connectivity index (χ2v) is 10.3. The Balaban J connectivity index is 1.39. The fourth-order valence-corrected chi connectivity index (χ4v) is 4.73. The second kappa shape index (κ2) is 14.5. The number of terminal acetylenes is 1. The molecule has 0 fully saturated rings. The molecule has 1 heterocycles. The van der Waals surface area contributed by atoms with E-state index in [-0.39, 0.29) is 30.5 Å². The van der Waals surface area contributed by atoms with Crippen molar-refractivity contribution in [2.75, 3.05) is 11.4 Å². The molecule has 0 bridgehead atoms. The predicted octanol–water partition coefficient (Wildman–Crippen LogP) is 2.78. The lowest BCUT2D eigenvalue weighted by molar-refractivity contribution is -0.142. The quantitative estimate of drug-likeness (QED) is 0.142. The molecule has 0 saturated carbocycles. The summed E-state index contributed by atoms with van der Waals surface area (Å²) in [7, 11) is 0. The number of carbonyl (C=O) groups excluding carboxylic acids is 2. The Bertz CT molecular complexity index is 1810. The van der Waals surface area contributed by atoms with Crippen LogP contribution in [-0.2, 0) is 20.9 Å². The summed E-state index contributed by atoms with van der Waals surface area (Å²) in [4.78, 5) is 70.2. The molecular formula is C33H31N5O7. The Morgan fingerprint density at radius 2 is 1.69 bits per heavy atom. The van der Waals surface area contributed by atoms with Crippen molar-refractivity contribution < 1.29 is 29.4 Å². The SMILES string of the molecule is C#CCN(Cc1ccc2nc(C)[nH]c(=O)c2c1)c1ccc(C(=O)N[C@H](CCC(=O)N[C@@H](C(=O)O)c2ccccc2)C(=O)O)cc1. The number of hydrogen-bond donors (Lipinski definition) is 5. The molecule has 4 rings (SSSR count). The van der Waals surface area contributed by atoms with Crippen LogP contribution in [0.25, 0.3) is 10.9 Å². The Morgan fingerprint density at radius 1 is 0.978 bits per heavy atom. The van der Waals surface area contributed by atoms with E-state index in [1.54, 1.807) is 61.5 Å². The van der Waals surface area contributed by atoms with Crippen molar-refractivity contribution >= 4 is 40.3 Å². The predicted molar refractivity (Wildman–Crippen MR) is 167 cm³/mol. The van der Waals surface area contributed by atoms with Crippen LogP contribution in [0.15, 0.2) is 77.6 Å². The molecule has 3 aromatic carbocycles. The summed E-state index contributed by atoms with van der Waals surface area (Å²) in [5.74, 6) is -0.819. The zero-order valence-electron chi connectivity index (χ0n) is 24.3. The van der Waals surface area contributed by atoms with Gasteiger partial charge in [-0.25, -0.2) is 14.6 Å². The molecule has 0 aliphatic rings. The van der Waals surface area contributed by atoms with E-state index in [9.17, 15) is 34.2 Å². The molecule has 12 heteroatoms. The maximum Gasteiger partial charge on any atom is 0.330 e. The molecule has 0 aliphatic carbocycles. The van der Waals surface area contributed by atoms with E-state index in [2.05, 4.69) is 26.5 Å². The van der Waals surface area contributed by atoms with Gasteiger partial charge in [0, 0.05) is 24.2 Å². The monoisotopic (exact) mass is 609 g/mol. The average Bonchev–Trinajstić information content (AvgIpc) is 3.02. The van der Waals surface area contributed by atoms with Crippen molar-refractivity contribution in [2.24, 2.45) is 0 Å². The van der Waals surface area contributed by atoms with E-state index >= 15 is 0 Å². The summed E-state index contributed by atoms with van der Waals surface area (Å²) in [6.45, 7) is 2.32. The van der Waals surface area contributed by atoms with E-state index in [4.69, 9.17) is 6.42 Å². The van der Waals surface area contributed by atoms with Gasteiger partial charge in [-0.1, -0.05) is 42.3 Å². The van der Waals surface area contributed by atoms with Gasteiger partial charge < -0.3 is 30.7 Å². The number of benzene rings is 3. The van der Waals surface area contributed by atoms with Gasteiger partial charge in [-0.15, -0.1) is 6.42 Å². The number of rotatable bonds is 13. The van der Waals surface area contributed by atoms with Gasteiger partial charge in [-0.05, 0) is 60.9 Å². The van der Waals surface area contributed by atoms with E-state index in [0.717, 1.165) is 5.56 Å². The summed E-state index contributed by atoms with van der Waals surface area (Å²) in [5.41, 5.74) is 2.40. The molecule has 12 nitrogen and oxygen atoms in total. The van der Waals surface area contributed by atoms with E-state index in [0.29, 0.717) is 34.5 Å². The Hall–Kier alpha value is -5.96. The van der Waals surface area contributed by atoms with Crippen molar-refractivity contribution in [2.45, 2.75) is 38.4 Å². The largest absolute Gasteiger partial charge is 0.480 e. The normalized spacial score (nSPS) is 12.0. The van der Waals surface area contributed by atoms with Crippen LogP contribution in [0.1, 0.15) is 46.2 Å². The molecule has 5 N–H and O–H groups in total. The molecule has 2 atom stereocenters. The molecule has 0 radical (unpaired) electrons. The fourth-order valence-electron chi connectivity index (χ4n) is 4.73. The topological polar surface area (TPSA) is 182 Å². The van der Waals surface area contributed by atoms with Crippen LogP contribution in [0.5, 0.6) is 0 Å². The zero-order chi connectivity index (χ0) is 32.5. The molecule has 1 aromatic heterocycles. The molecule has 0 unspecified atom stereocenters. The highest BCUT2D eigenvalue weighted by molar-refractivity contribution is 5.97. The lowest BCUT2D eigenvalue weighted by atomic mass is 10.1. The first kappa shape index (κ1) is 32.0. The first-order valence-corrected chi connectivity index (χ1v) is 13.9. The smallest absolute Gasteiger partial charge is 0.330 e. The van der Waals surface area contributed by atoms with Crippen LogP contribution < -0.4 is 21.1 Å². The molecule has 0 aliphatic heterocycles. The zero-order valence-corrected chi connectivity index (χ0v) is 24.3. The van der Waals surface area contributed by atoms with Crippen molar-refractivity contribution in [1.82, 2.24) is 20.6 Å². The van der Waals surface area contributed by atoms with Gasteiger partial charge in [-0.2, -0.15) is 0 Å². The second-order valence-electron chi connectivity index (χ2n) is 10.3. The first-order chi connectivity index (χ1) is 21.5. The number of aliphatic carboxylic acids is 2. The van der Waals surface area contributed by atoms with Gasteiger partial charge in [0.05, 0.1) is 17.4 Å². The number of carbonyl (C=O) groups is 4. The number of H-pyrrole nitrogens is 1. The molecule has 4 aromatic rings. The van der Waals surface area contributed by atoms with Crippen LogP contribution in [-0.4, -0.2) is 56.5 Å². The maximum atomic E-state index is 12.9. The molecule has 2 amide bonds. The van der Waals surface area contributed by atoms with Gasteiger partial charge in [0.25, 0.3) is 11.5 Å². The van der Waals surface area contributed by atoms with Crippen LogP contribution in [0.3, 0.4) is 0 Å². The molecule has 0 saturated heterocycles. The number of hydrogen-bond acceptors (Lipinski definition) is 7. The van der Waals surface area contributed by atoms with E-state index in [1.165, 1.54) is 12.1 Å². The summed E-state index contributed by atoms with van der Waals surface area (Å²) in [6, 6.07) is 17.2. The minimum atomic E-state index is -1.39. The molecule has 0 spiro atoms. The number of anilines is 1. The number of fused-ring (bicyclic) bond motifs is 1. The van der Waals surface area contributed by atoms with Gasteiger partial charge in [0.1, 0.15) is 11.9 Å². The Labute approximate surface area is 258 Å². The Kier molecular flexibility index (Phi) is 10.3. The van der Waals surface area contributed by atoms with Gasteiger partial charge in [0.2, 0.25) is 5.91 Å². The minimum absolute atomic E-state index is 0.184. The summed E-state index contributed by atoms with van der Waals surface area (Å²) in [6.07, 6.45) is 5.01. The standard InChI is InChI=1S/C33H31N5O7/c1-3-17-38(19-21-9-14-26-25(18-21)31(41)35-20(2)34-26)24-12-10-23(11-13-24)30(40)36-27(32(42)43)15-16-28(39)37-29(33(44)45)22-7-5-4-6-8-22/h1,4-14,18,27,29H,15-17,19H2,2H3,(H,36,40)(H,37,39)(H,42,43)(H,44,45)(H,34,35,41)/t27-,29-/m1/s1. The first-order valence-electron chi connectivity index (χ1n) is 13.9. The highest BCUT2D eigenvalue weighted by atomic mass is 16.4. The molecule has 45 heavy (non-hydrogen) atoms. The van der Waals surface area contributed by atoms with Crippen molar-refractivity contribution in [3.8, 4) is 12.3 Å². The van der Waals surface area contributed by atoms with E-state index in [1.807, 2.05) is 11.0 Å². The number of carboxylic acid groups (broad SMARTS) is 2. The van der Waals surface area contributed by atoms with Crippen molar-refractivity contribution in [3.05, 3.63) is 106 Å². The molecular weight excluding hydrogens is 578 g/mol. The third kappa shape index (κ3) is 8.32. The highest BCUT2D eigenvalue weighted by Crippen LogP contribution is 2.20. The Morgan fingerprint density at radius 3 is 2.33 bits per heavy atom. The van der Waals surface area contributed by atoms with Crippen LogP contribution in [0.2, 0.25) is 0 Å². The third-order valence-corrected chi connectivity index (χ3v) is 6.99. The van der Waals surface area contributed by atoms with Gasteiger partial charge >= 0.3 is 11.9 Å². The average molecular weight is 610 g/mol. The van der Waals surface area contributed by atoms with Crippen molar-refractivity contribution in [1.29, 1.82) is 0 Å². The number of aromatic amines is 1. The fraction of sp³-hybridized carbons (Fsp3) is 0.212. The number of aromatic nitrogens is 2. The third-order valence-electron chi connectivity index (χ3n) is 6.99. The van der Waals surface area contributed by atoms with Crippen LogP contribution in [0.4, 0.5) is 5.69 Å². The van der Waals surface area contributed by atoms with Crippen molar-refractivity contribution in [3.63, 3.8) is 0 Å². The highest BCUT2D eigenvalue weighted by Gasteiger charge is 2.25.